The number of benzene rings is 1. The van der Waals surface area contributed by atoms with E-state index in [-0.39, 0.29) is 5.56 Å². The van der Waals surface area contributed by atoms with Crippen LogP contribution in [0.25, 0.3) is 0 Å². The maximum atomic E-state index is 12.0. The van der Waals surface area contributed by atoms with E-state index in [1.54, 1.807) is 0 Å². The largest absolute Gasteiger partial charge is 0.416 e. The second kappa shape index (κ2) is 5.59. The maximum absolute atomic E-state index is 12.0. The van der Waals surface area contributed by atoms with Gasteiger partial charge in [-0.1, -0.05) is 0 Å². The summed E-state index contributed by atoms with van der Waals surface area (Å²) in [6, 6.07) is 3.71. The van der Waals surface area contributed by atoms with E-state index in [2.05, 4.69) is 0 Å². The lowest BCUT2D eigenvalue weighted by molar-refractivity contribution is -0.137. The molecule has 1 fully saturated rings. The van der Waals surface area contributed by atoms with Gasteiger partial charge in [0.25, 0.3) is 5.24 Å². The van der Waals surface area contributed by atoms with Gasteiger partial charge in [-0.25, -0.2) is 0 Å². The molecular weight excluding hydrogens is 261 g/mol. The summed E-state index contributed by atoms with van der Waals surface area (Å²) in [7, 11) is 0. The standard InChI is InChI=1S/C8H4ClF3O.C2H4S/c9-7(13)5-1-3-6(4-2-5)8(10,11)12;1-2-3-1/h1-4H;1-2H2. The van der Waals surface area contributed by atoms with Crippen LogP contribution in [0.4, 0.5) is 13.2 Å². The zero-order valence-electron chi connectivity index (χ0n) is 8.05. The summed E-state index contributed by atoms with van der Waals surface area (Å²) in [5, 5.41) is -0.770. The van der Waals surface area contributed by atoms with Crippen LogP contribution < -0.4 is 0 Å². The maximum Gasteiger partial charge on any atom is 0.416 e. The minimum absolute atomic E-state index is 0.0506. The van der Waals surface area contributed by atoms with Crippen molar-refractivity contribution in [1.82, 2.24) is 0 Å². The molecule has 0 spiro atoms. The van der Waals surface area contributed by atoms with Crippen LogP contribution in [0.15, 0.2) is 24.3 Å². The molecule has 0 aromatic heterocycles. The Hall–Kier alpha value is -0.680. The van der Waals surface area contributed by atoms with Crippen molar-refractivity contribution in [3.8, 4) is 0 Å². The first-order valence-electron chi connectivity index (χ1n) is 4.36. The molecule has 0 amide bonds. The highest BCUT2D eigenvalue weighted by Gasteiger charge is 2.30. The molecule has 0 bridgehead atoms. The van der Waals surface area contributed by atoms with Gasteiger partial charge in [0.2, 0.25) is 0 Å². The molecule has 1 aromatic rings. The van der Waals surface area contributed by atoms with E-state index in [9.17, 15) is 18.0 Å². The molecule has 0 N–H and O–H groups in total. The van der Waals surface area contributed by atoms with Crippen molar-refractivity contribution >= 4 is 28.6 Å². The number of carbonyl (C=O) groups excluding carboxylic acids is 1. The van der Waals surface area contributed by atoms with Crippen LogP contribution in [0.3, 0.4) is 0 Å². The fourth-order valence-electron chi connectivity index (χ4n) is 0.790. The minimum atomic E-state index is -4.38. The van der Waals surface area contributed by atoms with Crippen molar-refractivity contribution in [3.63, 3.8) is 0 Å². The fraction of sp³-hybridized carbons (Fsp3) is 0.300. The second-order valence-electron chi connectivity index (χ2n) is 2.96. The third-order valence-corrected chi connectivity index (χ3v) is 2.27. The van der Waals surface area contributed by atoms with Crippen molar-refractivity contribution in [2.75, 3.05) is 11.5 Å². The smallest absolute Gasteiger partial charge is 0.276 e. The van der Waals surface area contributed by atoms with Gasteiger partial charge >= 0.3 is 6.18 Å². The highest BCUT2D eigenvalue weighted by atomic mass is 35.5. The highest BCUT2D eigenvalue weighted by molar-refractivity contribution is 8.06. The number of alkyl halides is 3. The average molecular weight is 269 g/mol. The molecule has 1 aliphatic heterocycles. The van der Waals surface area contributed by atoms with Gasteiger partial charge in [0, 0.05) is 17.1 Å². The first-order chi connectivity index (χ1) is 7.41. The molecule has 0 radical (unpaired) electrons. The van der Waals surface area contributed by atoms with Crippen molar-refractivity contribution in [3.05, 3.63) is 35.4 Å². The Labute approximate surface area is 100.0 Å². The third-order valence-electron chi connectivity index (χ3n) is 1.64. The molecule has 0 unspecified atom stereocenters. The summed E-state index contributed by atoms with van der Waals surface area (Å²) >= 11 is 7.05. The van der Waals surface area contributed by atoms with E-state index in [4.69, 9.17) is 11.6 Å². The molecule has 0 aliphatic carbocycles. The van der Waals surface area contributed by atoms with E-state index in [0.29, 0.717) is 0 Å². The van der Waals surface area contributed by atoms with Gasteiger partial charge < -0.3 is 0 Å². The predicted molar refractivity (Wildman–Crippen MR) is 59.0 cm³/mol. The molecule has 1 nitrogen and oxygen atoms in total. The molecule has 2 rings (SSSR count). The normalized spacial score (nSPS) is 13.8. The highest BCUT2D eigenvalue weighted by Crippen LogP contribution is 2.29. The van der Waals surface area contributed by atoms with Crippen LogP contribution in [-0.4, -0.2) is 16.7 Å². The minimum Gasteiger partial charge on any atom is -0.276 e. The van der Waals surface area contributed by atoms with Gasteiger partial charge in [0.05, 0.1) is 5.56 Å². The number of halogens is 4. The van der Waals surface area contributed by atoms with E-state index in [0.717, 1.165) is 24.3 Å². The Bertz CT molecular complexity index is 357. The van der Waals surface area contributed by atoms with Gasteiger partial charge in [-0.05, 0) is 35.9 Å². The van der Waals surface area contributed by atoms with E-state index in [1.165, 1.54) is 11.5 Å². The van der Waals surface area contributed by atoms with Gasteiger partial charge in [-0.15, -0.1) is 0 Å². The van der Waals surface area contributed by atoms with Crippen LogP contribution in [0.5, 0.6) is 0 Å². The van der Waals surface area contributed by atoms with Gasteiger partial charge in [-0.3, -0.25) is 4.79 Å². The van der Waals surface area contributed by atoms with Crippen LogP contribution in [0.2, 0.25) is 0 Å². The lowest BCUT2D eigenvalue weighted by atomic mass is 10.1. The summed E-state index contributed by atoms with van der Waals surface area (Å²) < 4.78 is 36.0. The third kappa shape index (κ3) is 4.90. The van der Waals surface area contributed by atoms with Gasteiger partial charge in [0.1, 0.15) is 0 Å². The molecule has 88 valence electrons. The number of carbonyl (C=O) groups is 1. The van der Waals surface area contributed by atoms with E-state index in [1.807, 2.05) is 11.8 Å². The quantitative estimate of drug-likeness (QED) is 0.569. The molecule has 1 saturated heterocycles. The first-order valence-corrected chi connectivity index (χ1v) is 5.89. The van der Waals surface area contributed by atoms with Crippen molar-refractivity contribution in [2.24, 2.45) is 0 Å². The van der Waals surface area contributed by atoms with Gasteiger partial charge in [-0.2, -0.15) is 24.9 Å². The molecular formula is C10H8ClF3OS. The molecule has 6 heteroatoms. The van der Waals surface area contributed by atoms with Crippen LogP contribution >= 0.6 is 23.4 Å². The molecule has 0 saturated carbocycles. The lowest BCUT2D eigenvalue weighted by Gasteiger charge is -2.05. The molecule has 1 heterocycles. The summed E-state index contributed by atoms with van der Waals surface area (Å²) in [6.45, 7) is 0. The van der Waals surface area contributed by atoms with Crippen LogP contribution in [-0.2, 0) is 6.18 Å². The van der Waals surface area contributed by atoms with Crippen molar-refractivity contribution in [2.45, 2.75) is 6.18 Å². The molecule has 1 aromatic carbocycles. The predicted octanol–water partition coefficient (Wildman–Crippen LogP) is 3.82. The van der Waals surface area contributed by atoms with Crippen LogP contribution in [0.1, 0.15) is 15.9 Å². The number of thioether (sulfide) groups is 1. The first kappa shape index (κ1) is 13.4. The Morgan fingerprint density at radius 1 is 1.19 bits per heavy atom. The number of hydrogen-bond donors (Lipinski definition) is 0. The van der Waals surface area contributed by atoms with Crippen LogP contribution in [0, 0.1) is 0 Å². The Balaban J connectivity index is 0.000000365. The van der Waals surface area contributed by atoms with Crippen molar-refractivity contribution < 1.29 is 18.0 Å². The molecule has 0 atom stereocenters. The SMILES string of the molecule is C1CS1.O=C(Cl)c1ccc(C(F)(F)F)cc1. The Kier molecular flexibility index (Phi) is 4.68. The zero-order chi connectivity index (χ0) is 12.2. The number of hydrogen-bond acceptors (Lipinski definition) is 2. The summed E-state index contributed by atoms with van der Waals surface area (Å²) in [5.41, 5.74) is -0.746. The Morgan fingerprint density at radius 2 is 1.62 bits per heavy atom. The average Bonchev–Trinajstić information content (AvgIpc) is 3.03. The van der Waals surface area contributed by atoms with Crippen molar-refractivity contribution in [1.29, 1.82) is 0 Å². The lowest BCUT2D eigenvalue weighted by Crippen LogP contribution is -2.04. The fourth-order valence-corrected chi connectivity index (χ4v) is 0.916. The molecule has 1 aliphatic rings. The second-order valence-corrected chi connectivity index (χ2v) is 4.53. The molecule has 16 heavy (non-hydrogen) atoms. The Morgan fingerprint density at radius 3 is 1.88 bits per heavy atom. The summed E-state index contributed by atoms with van der Waals surface area (Å²) in [4.78, 5) is 10.5. The monoisotopic (exact) mass is 268 g/mol. The van der Waals surface area contributed by atoms with E-state index >= 15 is 0 Å². The topological polar surface area (TPSA) is 17.1 Å². The van der Waals surface area contributed by atoms with Gasteiger partial charge in [0.15, 0.2) is 0 Å². The summed E-state index contributed by atoms with van der Waals surface area (Å²) in [6.07, 6.45) is -4.38. The summed E-state index contributed by atoms with van der Waals surface area (Å²) in [5.74, 6) is 2.83. The van der Waals surface area contributed by atoms with E-state index < -0.39 is 17.0 Å². The zero-order valence-corrected chi connectivity index (χ0v) is 9.62. The number of rotatable bonds is 1.